The summed E-state index contributed by atoms with van der Waals surface area (Å²) < 4.78 is 0.947. The Labute approximate surface area is 150 Å². The topological polar surface area (TPSA) is 62.3 Å². The number of benzene rings is 1. The Morgan fingerprint density at radius 2 is 1.79 bits per heavy atom. The van der Waals surface area contributed by atoms with Crippen LogP contribution in [0.3, 0.4) is 0 Å². The van der Waals surface area contributed by atoms with Gasteiger partial charge < -0.3 is 10.2 Å². The minimum absolute atomic E-state index is 0.172. The van der Waals surface area contributed by atoms with E-state index in [1.54, 1.807) is 23.1 Å². The minimum atomic E-state index is -0.338. The quantitative estimate of drug-likeness (QED) is 0.843. The lowest BCUT2D eigenvalue weighted by atomic mass is 10.2. The predicted octanol–water partition coefficient (Wildman–Crippen LogP) is 3.89. The van der Waals surface area contributed by atoms with Crippen LogP contribution in [-0.2, 0) is 0 Å². The molecule has 0 atom stereocenters. The second kappa shape index (κ2) is 8.06. The number of nitrogens with zero attached hydrogens (tertiary/aromatic N) is 2. The van der Waals surface area contributed by atoms with Crippen LogP contribution in [-0.4, -0.2) is 34.8 Å². The molecule has 24 heavy (non-hydrogen) atoms. The highest BCUT2D eigenvalue weighted by Gasteiger charge is 2.16. The van der Waals surface area contributed by atoms with Crippen molar-refractivity contribution in [1.29, 1.82) is 0 Å². The third-order valence-electron chi connectivity index (χ3n) is 3.69. The van der Waals surface area contributed by atoms with Crippen LogP contribution < -0.4 is 5.32 Å². The van der Waals surface area contributed by atoms with E-state index in [0.29, 0.717) is 18.8 Å². The first-order valence-corrected chi connectivity index (χ1v) is 8.59. The van der Waals surface area contributed by atoms with Crippen molar-refractivity contribution in [3.05, 3.63) is 57.8 Å². The van der Waals surface area contributed by atoms with Crippen LogP contribution in [0.25, 0.3) is 0 Å². The number of halogens is 1. The third-order valence-corrected chi connectivity index (χ3v) is 4.18. The van der Waals surface area contributed by atoms with Crippen molar-refractivity contribution >= 4 is 33.4 Å². The first-order valence-electron chi connectivity index (χ1n) is 7.80. The highest BCUT2D eigenvalue weighted by molar-refractivity contribution is 9.10. The van der Waals surface area contributed by atoms with Crippen molar-refractivity contribution in [3.63, 3.8) is 0 Å². The Kier molecular flexibility index (Phi) is 6.09. The lowest BCUT2D eigenvalue weighted by Crippen LogP contribution is -2.31. The number of anilines is 1. The highest BCUT2D eigenvalue weighted by atomic mass is 79.9. The van der Waals surface area contributed by atoms with E-state index in [0.717, 1.165) is 10.0 Å². The standard InChI is InChI=1S/C18H20BrN3O2/c1-4-22(5-2)18(24)16-8-6-7-15(20-16)17(23)21-14-10-9-13(19)11-12(14)3/h6-11H,4-5H2,1-3H3,(H,21,23). The SMILES string of the molecule is CCN(CC)C(=O)c1cccc(C(=O)Nc2ccc(Br)cc2C)n1. The second-order valence-electron chi connectivity index (χ2n) is 5.30. The summed E-state index contributed by atoms with van der Waals surface area (Å²) in [6.07, 6.45) is 0. The molecule has 1 N–H and O–H groups in total. The molecule has 1 aromatic carbocycles. The number of nitrogens with one attached hydrogen (secondary N) is 1. The summed E-state index contributed by atoms with van der Waals surface area (Å²) in [6, 6.07) is 10.5. The Morgan fingerprint density at radius 1 is 1.12 bits per heavy atom. The van der Waals surface area contributed by atoms with Crippen molar-refractivity contribution in [2.24, 2.45) is 0 Å². The average Bonchev–Trinajstić information content (AvgIpc) is 2.58. The zero-order valence-electron chi connectivity index (χ0n) is 14.0. The fraction of sp³-hybridized carbons (Fsp3) is 0.278. The maximum Gasteiger partial charge on any atom is 0.274 e. The number of aromatic nitrogens is 1. The van der Waals surface area contributed by atoms with Gasteiger partial charge in [-0.05, 0) is 56.7 Å². The molecular formula is C18H20BrN3O2. The molecule has 0 aliphatic rings. The smallest absolute Gasteiger partial charge is 0.274 e. The van der Waals surface area contributed by atoms with Crippen molar-refractivity contribution < 1.29 is 9.59 Å². The number of hydrogen-bond donors (Lipinski definition) is 1. The average molecular weight is 390 g/mol. The number of amides is 2. The third kappa shape index (κ3) is 4.20. The van der Waals surface area contributed by atoms with Gasteiger partial charge in [0.2, 0.25) is 0 Å². The van der Waals surface area contributed by atoms with E-state index in [1.165, 1.54) is 0 Å². The molecule has 0 aliphatic heterocycles. The highest BCUT2D eigenvalue weighted by Crippen LogP contribution is 2.20. The molecule has 0 radical (unpaired) electrons. The lowest BCUT2D eigenvalue weighted by Gasteiger charge is -2.18. The zero-order valence-corrected chi connectivity index (χ0v) is 15.6. The van der Waals surface area contributed by atoms with Crippen LogP contribution in [0.5, 0.6) is 0 Å². The van der Waals surface area contributed by atoms with Gasteiger partial charge in [-0.2, -0.15) is 0 Å². The number of aryl methyl sites for hydroxylation is 1. The van der Waals surface area contributed by atoms with Crippen LogP contribution >= 0.6 is 15.9 Å². The molecule has 2 rings (SSSR count). The monoisotopic (exact) mass is 389 g/mol. The van der Waals surface area contributed by atoms with E-state index in [9.17, 15) is 9.59 Å². The van der Waals surface area contributed by atoms with Gasteiger partial charge in [-0.1, -0.05) is 22.0 Å². The molecule has 0 unspecified atom stereocenters. The fourth-order valence-electron chi connectivity index (χ4n) is 2.31. The summed E-state index contributed by atoms with van der Waals surface area (Å²) in [6.45, 7) is 6.94. The molecule has 1 heterocycles. The number of carbonyl (C=O) groups excluding carboxylic acids is 2. The van der Waals surface area contributed by atoms with Crippen LogP contribution in [0, 0.1) is 6.92 Å². The summed E-state index contributed by atoms with van der Waals surface area (Å²) in [5.74, 6) is -0.510. The van der Waals surface area contributed by atoms with Crippen molar-refractivity contribution in [3.8, 4) is 0 Å². The summed E-state index contributed by atoms with van der Waals surface area (Å²) in [5.41, 5.74) is 2.15. The van der Waals surface area contributed by atoms with Gasteiger partial charge in [0.25, 0.3) is 11.8 Å². The maximum atomic E-state index is 12.4. The molecular weight excluding hydrogens is 370 g/mol. The van der Waals surface area contributed by atoms with Gasteiger partial charge in [-0.3, -0.25) is 9.59 Å². The molecule has 1 aromatic heterocycles. The van der Waals surface area contributed by atoms with Gasteiger partial charge in [-0.25, -0.2) is 4.98 Å². The van der Waals surface area contributed by atoms with E-state index in [4.69, 9.17) is 0 Å². The Morgan fingerprint density at radius 3 is 2.42 bits per heavy atom. The molecule has 0 saturated carbocycles. The molecule has 5 nitrogen and oxygen atoms in total. The van der Waals surface area contributed by atoms with E-state index in [2.05, 4.69) is 26.2 Å². The van der Waals surface area contributed by atoms with Crippen LogP contribution in [0.4, 0.5) is 5.69 Å². The van der Waals surface area contributed by atoms with Crippen molar-refractivity contribution in [1.82, 2.24) is 9.88 Å². The Balaban J connectivity index is 2.21. The molecule has 0 fully saturated rings. The number of rotatable bonds is 5. The van der Waals surface area contributed by atoms with Gasteiger partial charge in [0.05, 0.1) is 0 Å². The van der Waals surface area contributed by atoms with Crippen molar-refractivity contribution in [2.45, 2.75) is 20.8 Å². The van der Waals surface area contributed by atoms with E-state index >= 15 is 0 Å². The van der Waals surface area contributed by atoms with Gasteiger partial charge in [0.1, 0.15) is 11.4 Å². The number of pyridine rings is 1. The second-order valence-corrected chi connectivity index (χ2v) is 6.21. The Hall–Kier alpha value is -2.21. The normalized spacial score (nSPS) is 10.3. The molecule has 0 aliphatic carbocycles. The molecule has 0 bridgehead atoms. The van der Waals surface area contributed by atoms with E-state index in [1.807, 2.05) is 39.0 Å². The van der Waals surface area contributed by atoms with Gasteiger partial charge >= 0.3 is 0 Å². The molecule has 6 heteroatoms. The molecule has 126 valence electrons. The molecule has 0 spiro atoms. The first-order chi connectivity index (χ1) is 11.5. The molecule has 2 amide bonds. The van der Waals surface area contributed by atoms with Gasteiger partial charge in [0.15, 0.2) is 0 Å². The van der Waals surface area contributed by atoms with E-state index < -0.39 is 0 Å². The lowest BCUT2D eigenvalue weighted by molar-refractivity contribution is 0.0767. The summed E-state index contributed by atoms with van der Waals surface area (Å²) in [4.78, 5) is 30.7. The van der Waals surface area contributed by atoms with Crippen molar-refractivity contribution in [2.75, 3.05) is 18.4 Å². The zero-order chi connectivity index (χ0) is 17.7. The van der Waals surface area contributed by atoms with Gasteiger partial charge in [-0.15, -0.1) is 0 Å². The predicted molar refractivity (Wildman–Crippen MR) is 98.3 cm³/mol. The molecule has 0 saturated heterocycles. The van der Waals surface area contributed by atoms with Crippen LogP contribution in [0.15, 0.2) is 40.9 Å². The summed E-state index contributed by atoms with van der Waals surface area (Å²) in [7, 11) is 0. The number of carbonyl (C=O) groups is 2. The summed E-state index contributed by atoms with van der Waals surface area (Å²) in [5, 5.41) is 2.83. The Bertz CT molecular complexity index is 758. The minimum Gasteiger partial charge on any atom is -0.338 e. The van der Waals surface area contributed by atoms with Crippen LogP contribution in [0.1, 0.15) is 40.4 Å². The van der Waals surface area contributed by atoms with Gasteiger partial charge in [0, 0.05) is 23.2 Å². The first kappa shape index (κ1) is 18.1. The maximum absolute atomic E-state index is 12.4. The summed E-state index contributed by atoms with van der Waals surface area (Å²) >= 11 is 3.39. The largest absolute Gasteiger partial charge is 0.338 e. The van der Waals surface area contributed by atoms with Crippen LogP contribution in [0.2, 0.25) is 0 Å². The fourth-order valence-corrected chi connectivity index (χ4v) is 2.78. The molecule has 2 aromatic rings. The van der Waals surface area contributed by atoms with E-state index in [-0.39, 0.29) is 23.2 Å². The number of hydrogen-bond acceptors (Lipinski definition) is 3.